The number of nitrogens with one attached hydrogen (secondary N) is 2. The van der Waals surface area contributed by atoms with Crippen LogP contribution < -0.4 is 10.9 Å². The van der Waals surface area contributed by atoms with Crippen LogP contribution in [0.5, 0.6) is 0 Å². The molecule has 1 unspecified atom stereocenters. The number of nitrogens with zero attached hydrogens (tertiary/aromatic N) is 1. The van der Waals surface area contributed by atoms with Gasteiger partial charge in [0.1, 0.15) is 0 Å². The summed E-state index contributed by atoms with van der Waals surface area (Å²) in [4.78, 5) is 16.8. The maximum absolute atomic E-state index is 13.5. The van der Waals surface area contributed by atoms with E-state index in [9.17, 15) is 13.6 Å². The van der Waals surface area contributed by atoms with Crippen molar-refractivity contribution in [1.29, 1.82) is 0 Å². The molecule has 2 rings (SSSR count). The van der Waals surface area contributed by atoms with E-state index in [0.29, 0.717) is 6.54 Å². The Morgan fingerprint density at radius 3 is 2.93 bits per heavy atom. The molecule has 82 valence electrons. The minimum Gasteiger partial charge on any atom is -0.326 e. The van der Waals surface area contributed by atoms with Gasteiger partial charge >= 0.3 is 0 Å². The summed E-state index contributed by atoms with van der Waals surface area (Å²) in [7, 11) is 0. The SMILES string of the molecule is O=c1cnc(C2CNCCC2(F)F)c[nH]1. The molecule has 0 aromatic carbocycles. The molecule has 1 aliphatic heterocycles. The molecule has 2 N–H and O–H groups in total. The molecule has 1 atom stereocenters. The van der Waals surface area contributed by atoms with Crippen molar-refractivity contribution in [2.75, 3.05) is 13.1 Å². The van der Waals surface area contributed by atoms with E-state index < -0.39 is 11.8 Å². The van der Waals surface area contributed by atoms with Crippen molar-refractivity contribution in [1.82, 2.24) is 15.3 Å². The second kappa shape index (κ2) is 3.69. The molecule has 1 aromatic rings. The van der Waals surface area contributed by atoms with Gasteiger partial charge in [0.2, 0.25) is 0 Å². The van der Waals surface area contributed by atoms with Gasteiger partial charge in [-0.1, -0.05) is 0 Å². The third-order valence-corrected chi connectivity index (χ3v) is 2.54. The van der Waals surface area contributed by atoms with Gasteiger partial charge in [-0.15, -0.1) is 0 Å². The van der Waals surface area contributed by atoms with E-state index in [2.05, 4.69) is 15.3 Å². The van der Waals surface area contributed by atoms with Gasteiger partial charge < -0.3 is 10.3 Å². The maximum atomic E-state index is 13.5. The van der Waals surface area contributed by atoms with Crippen molar-refractivity contribution in [3.05, 3.63) is 28.4 Å². The van der Waals surface area contributed by atoms with Crippen LogP contribution in [0.3, 0.4) is 0 Å². The van der Waals surface area contributed by atoms with E-state index in [-0.39, 0.29) is 24.2 Å². The van der Waals surface area contributed by atoms with Crippen LogP contribution in [-0.4, -0.2) is 29.0 Å². The van der Waals surface area contributed by atoms with Crippen LogP contribution in [0.15, 0.2) is 17.2 Å². The first kappa shape index (κ1) is 10.2. The highest BCUT2D eigenvalue weighted by Gasteiger charge is 2.43. The third kappa shape index (κ3) is 2.04. The number of rotatable bonds is 1. The predicted octanol–water partition coefficient (Wildman–Crippen LogP) is 0.482. The molecule has 1 saturated heterocycles. The number of alkyl halides is 2. The molecule has 2 heterocycles. The van der Waals surface area contributed by atoms with Gasteiger partial charge in [-0.2, -0.15) is 0 Å². The van der Waals surface area contributed by atoms with Crippen molar-refractivity contribution in [2.24, 2.45) is 0 Å². The lowest BCUT2D eigenvalue weighted by Crippen LogP contribution is -2.43. The zero-order valence-corrected chi connectivity index (χ0v) is 7.96. The lowest BCUT2D eigenvalue weighted by Gasteiger charge is -2.31. The van der Waals surface area contributed by atoms with Crippen molar-refractivity contribution < 1.29 is 8.78 Å². The van der Waals surface area contributed by atoms with E-state index in [1.807, 2.05) is 0 Å². The smallest absolute Gasteiger partial charge is 0.266 e. The van der Waals surface area contributed by atoms with E-state index >= 15 is 0 Å². The van der Waals surface area contributed by atoms with Crippen LogP contribution in [-0.2, 0) is 0 Å². The molecule has 0 amide bonds. The summed E-state index contributed by atoms with van der Waals surface area (Å²) in [5.74, 6) is -3.71. The highest BCUT2D eigenvalue weighted by atomic mass is 19.3. The molecule has 1 aromatic heterocycles. The third-order valence-electron chi connectivity index (χ3n) is 2.54. The summed E-state index contributed by atoms with van der Waals surface area (Å²) in [6, 6.07) is 0. The molecule has 1 fully saturated rings. The van der Waals surface area contributed by atoms with Gasteiger partial charge in [0.25, 0.3) is 11.5 Å². The average Bonchev–Trinajstić information content (AvgIpc) is 2.19. The number of halogens is 2. The molecule has 0 aliphatic carbocycles. The Hall–Kier alpha value is -1.30. The van der Waals surface area contributed by atoms with Gasteiger partial charge in [0.15, 0.2) is 0 Å². The largest absolute Gasteiger partial charge is 0.326 e. The maximum Gasteiger partial charge on any atom is 0.266 e. The first-order chi connectivity index (χ1) is 7.09. The van der Waals surface area contributed by atoms with Gasteiger partial charge in [-0.05, 0) is 0 Å². The molecule has 0 radical (unpaired) electrons. The van der Waals surface area contributed by atoms with Crippen molar-refractivity contribution in [3.8, 4) is 0 Å². The molecule has 4 nitrogen and oxygen atoms in total. The Kier molecular flexibility index (Phi) is 2.52. The first-order valence-electron chi connectivity index (χ1n) is 4.73. The molecule has 1 aliphatic rings. The Morgan fingerprint density at radius 1 is 1.53 bits per heavy atom. The monoisotopic (exact) mass is 215 g/mol. The zero-order chi connectivity index (χ0) is 10.9. The molecule has 6 heteroatoms. The summed E-state index contributed by atoms with van der Waals surface area (Å²) in [6.07, 6.45) is 2.09. The topological polar surface area (TPSA) is 57.8 Å². The second-order valence-electron chi connectivity index (χ2n) is 3.60. The Labute approximate surface area is 84.7 Å². The van der Waals surface area contributed by atoms with Gasteiger partial charge in [0.05, 0.1) is 17.8 Å². The normalized spacial score (nSPS) is 25.1. The van der Waals surface area contributed by atoms with Crippen LogP contribution in [0.2, 0.25) is 0 Å². The molecular weight excluding hydrogens is 204 g/mol. The van der Waals surface area contributed by atoms with Gasteiger partial charge in [0, 0.05) is 25.7 Å². The van der Waals surface area contributed by atoms with Crippen LogP contribution >= 0.6 is 0 Å². The number of H-pyrrole nitrogens is 1. The van der Waals surface area contributed by atoms with Crippen molar-refractivity contribution >= 4 is 0 Å². The van der Waals surface area contributed by atoms with Crippen LogP contribution in [0, 0.1) is 0 Å². The zero-order valence-electron chi connectivity index (χ0n) is 7.96. The second-order valence-corrected chi connectivity index (χ2v) is 3.60. The molecule has 0 saturated carbocycles. The summed E-state index contributed by atoms with van der Waals surface area (Å²) < 4.78 is 27.0. The molecule has 15 heavy (non-hydrogen) atoms. The highest BCUT2D eigenvalue weighted by molar-refractivity contribution is 5.11. The highest BCUT2D eigenvalue weighted by Crippen LogP contribution is 2.36. The van der Waals surface area contributed by atoms with Crippen molar-refractivity contribution in [3.63, 3.8) is 0 Å². The van der Waals surface area contributed by atoms with E-state index in [1.54, 1.807) is 0 Å². The van der Waals surface area contributed by atoms with E-state index in [0.717, 1.165) is 6.20 Å². The number of aromatic amines is 1. The number of hydrogen-bond acceptors (Lipinski definition) is 3. The molecular formula is C9H11F2N3O. The minimum absolute atomic E-state index is 0.187. The summed E-state index contributed by atoms with van der Waals surface area (Å²) in [5.41, 5.74) is -0.155. The predicted molar refractivity (Wildman–Crippen MR) is 50.0 cm³/mol. The van der Waals surface area contributed by atoms with Crippen LogP contribution in [0.25, 0.3) is 0 Å². The van der Waals surface area contributed by atoms with E-state index in [4.69, 9.17) is 0 Å². The summed E-state index contributed by atoms with van der Waals surface area (Å²) in [5, 5.41) is 2.89. The van der Waals surface area contributed by atoms with Crippen LogP contribution in [0.1, 0.15) is 18.0 Å². The number of piperidine rings is 1. The van der Waals surface area contributed by atoms with Crippen LogP contribution in [0.4, 0.5) is 8.78 Å². The lowest BCUT2D eigenvalue weighted by molar-refractivity contribution is -0.0492. The Morgan fingerprint density at radius 2 is 2.33 bits per heavy atom. The van der Waals surface area contributed by atoms with Crippen molar-refractivity contribution in [2.45, 2.75) is 18.3 Å². The Balaban J connectivity index is 2.28. The number of aromatic nitrogens is 2. The van der Waals surface area contributed by atoms with E-state index in [1.165, 1.54) is 6.20 Å². The van der Waals surface area contributed by atoms with Gasteiger partial charge in [-0.25, -0.2) is 8.78 Å². The molecule has 0 spiro atoms. The lowest BCUT2D eigenvalue weighted by atomic mass is 9.92. The fraction of sp³-hybridized carbons (Fsp3) is 0.556. The quantitative estimate of drug-likeness (QED) is 0.716. The molecule has 0 bridgehead atoms. The Bertz CT molecular complexity index is 384. The number of hydrogen-bond donors (Lipinski definition) is 2. The standard InChI is InChI=1S/C9H11F2N3O/c10-9(11)1-2-12-3-6(9)7-4-14-8(15)5-13-7/h4-6,12H,1-3H2,(H,14,15). The summed E-state index contributed by atoms with van der Waals surface area (Å²) >= 11 is 0. The van der Waals surface area contributed by atoms with Gasteiger partial charge in [-0.3, -0.25) is 9.78 Å². The fourth-order valence-corrected chi connectivity index (χ4v) is 1.69. The minimum atomic E-state index is -2.75. The summed E-state index contributed by atoms with van der Waals surface area (Å²) in [6.45, 7) is 0.499. The first-order valence-corrected chi connectivity index (χ1v) is 4.73. The fourth-order valence-electron chi connectivity index (χ4n) is 1.69. The average molecular weight is 215 g/mol.